The molecule has 0 bridgehead atoms. The molecule has 6 nitrogen and oxygen atoms in total. The molecule has 1 aromatic rings. The third-order valence-electron chi connectivity index (χ3n) is 2.39. The molecule has 0 N–H and O–H groups in total. The number of hydrogen-bond donors (Lipinski definition) is 0. The lowest BCUT2D eigenvalue weighted by Crippen LogP contribution is -2.30. The number of non-ortho nitro benzene ring substituents is 1. The van der Waals surface area contributed by atoms with Crippen molar-refractivity contribution in [1.29, 1.82) is 0 Å². The van der Waals surface area contributed by atoms with Gasteiger partial charge in [-0.25, -0.2) is 8.42 Å². The third-order valence-corrected chi connectivity index (χ3v) is 4.45. The van der Waals surface area contributed by atoms with Crippen LogP contribution in [0.2, 0.25) is 0 Å². The van der Waals surface area contributed by atoms with Gasteiger partial charge in [0.15, 0.2) is 0 Å². The van der Waals surface area contributed by atoms with Gasteiger partial charge in [0.25, 0.3) is 5.69 Å². The third kappa shape index (κ3) is 2.80. The minimum Gasteiger partial charge on any atom is -0.258 e. The van der Waals surface area contributed by atoms with Crippen LogP contribution in [0.4, 0.5) is 5.69 Å². The smallest absolute Gasteiger partial charge is 0.258 e. The zero-order valence-corrected chi connectivity index (χ0v) is 10.5. The summed E-state index contributed by atoms with van der Waals surface area (Å²) in [5.41, 5.74) is -0.122. The lowest BCUT2D eigenvalue weighted by molar-refractivity contribution is -0.384. The van der Waals surface area contributed by atoms with Crippen molar-refractivity contribution in [3.05, 3.63) is 34.4 Å². The Hall–Kier alpha value is -1.47. The first-order valence-electron chi connectivity index (χ1n) is 5.18. The highest BCUT2D eigenvalue weighted by molar-refractivity contribution is 7.89. The molecule has 0 saturated carbocycles. The van der Waals surface area contributed by atoms with Crippen LogP contribution in [0.3, 0.4) is 0 Å². The van der Waals surface area contributed by atoms with Crippen LogP contribution in [0.15, 0.2) is 29.2 Å². The second-order valence-electron chi connectivity index (χ2n) is 3.34. The molecular formula is C10H14N2O4S. The van der Waals surface area contributed by atoms with E-state index in [0.29, 0.717) is 13.1 Å². The van der Waals surface area contributed by atoms with Gasteiger partial charge in [0.1, 0.15) is 0 Å². The predicted octanol–water partition coefficient (Wildman–Crippen LogP) is 1.63. The first-order chi connectivity index (χ1) is 7.93. The number of sulfonamides is 1. The summed E-state index contributed by atoms with van der Waals surface area (Å²) in [5.74, 6) is 0. The van der Waals surface area contributed by atoms with E-state index in [2.05, 4.69) is 0 Å². The van der Waals surface area contributed by atoms with Crippen LogP contribution in [0, 0.1) is 10.1 Å². The molecule has 0 unspecified atom stereocenters. The van der Waals surface area contributed by atoms with Gasteiger partial charge in [0.05, 0.1) is 9.82 Å². The van der Waals surface area contributed by atoms with E-state index in [1.54, 1.807) is 13.8 Å². The highest BCUT2D eigenvalue weighted by Gasteiger charge is 2.21. The van der Waals surface area contributed by atoms with Crippen molar-refractivity contribution in [3.8, 4) is 0 Å². The van der Waals surface area contributed by atoms with Crippen molar-refractivity contribution in [3.63, 3.8) is 0 Å². The van der Waals surface area contributed by atoms with Crippen molar-refractivity contribution in [2.75, 3.05) is 13.1 Å². The number of benzene rings is 1. The van der Waals surface area contributed by atoms with Gasteiger partial charge < -0.3 is 0 Å². The van der Waals surface area contributed by atoms with Gasteiger partial charge in [0, 0.05) is 25.2 Å². The molecule has 0 radical (unpaired) electrons. The fraction of sp³-hybridized carbons (Fsp3) is 0.400. The summed E-state index contributed by atoms with van der Waals surface area (Å²) < 4.78 is 25.4. The molecule has 0 atom stereocenters. The van der Waals surface area contributed by atoms with E-state index in [9.17, 15) is 18.5 Å². The summed E-state index contributed by atoms with van der Waals surface area (Å²) >= 11 is 0. The second-order valence-corrected chi connectivity index (χ2v) is 5.28. The number of nitrogens with zero attached hydrogens (tertiary/aromatic N) is 2. The molecule has 0 heterocycles. The molecule has 1 rings (SSSR count). The fourth-order valence-electron chi connectivity index (χ4n) is 1.45. The van der Waals surface area contributed by atoms with E-state index in [4.69, 9.17) is 0 Å². The molecule has 0 aromatic heterocycles. The van der Waals surface area contributed by atoms with E-state index < -0.39 is 14.9 Å². The highest BCUT2D eigenvalue weighted by atomic mass is 32.2. The zero-order valence-electron chi connectivity index (χ0n) is 9.66. The van der Waals surface area contributed by atoms with Gasteiger partial charge in [-0.1, -0.05) is 13.8 Å². The summed E-state index contributed by atoms with van der Waals surface area (Å²) in [4.78, 5) is 9.97. The van der Waals surface area contributed by atoms with Gasteiger partial charge in [-0.3, -0.25) is 10.1 Å². The van der Waals surface area contributed by atoms with Crippen molar-refractivity contribution in [1.82, 2.24) is 4.31 Å². The van der Waals surface area contributed by atoms with Gasteiger partial charge >= 0.3 is 0 Å². The fourth-order valence-corrected chi connectivity index (χ4v) is 2.91. The lowest BCUT2D eigenvalue weighted by atomic mass is 10.3. The Kier molecular flexibility index (Phi) is 4.19. The predicted molar refractivity (Wildman–Crippen MR) is 63.2 cm³/mol. The molecule has 0 amide bonds. The maximum absolute atomic E-state index is 12.0. The molecule has 1 aromatic carbocycles. The van der Waals surface area contributed by atoms with Gasteiger partial charge in [-0.05, 0) is 12.1 Å². The molecule has 0 saturated heterocycles. The van der Waals surface area contributed by atoms with Crippen molar-refractivity contribution in [2.24, 2.45) is 0 Å². The number of hydrogen-bond acceptors (Lipinski definition) is 4. The monoisotopic (exact) mass is 258 g/mol. The zero-order chi connectivity index (χ0) is 13.1. The number of nitro benzene ring substituents is 1. The maximum Gasteiger partial charge on any atom is 0.269 e. The molecule has 0 aliphatic heterocycles. The summed E-state index contributed by atoms with van der Waals surface area (Å²) in [7, 11) is -3.53. The Morgan fingerprint density at radius 3 is 2.00 bits per heavy atom. The first kappa shape index (κ1) is 13.6. The highest BCUT2D eigenvalue weighted by Crippen LogP contribution is 2.19. The molecule has 94 valence electrons. The molecule has 0 aliphatic carbocycles. The SMILES string of the molecule is CCN(CC)S(=O)(=O)c1ccc([N+](=O)[O-])cc1. The van der Waals surface area contributed by atoms with Crippen molar-refractivity contribution < 1.29 is 13.3 Å². The minimum atomic E-state index is -3.53. The normalized spacial score (nSPS) is 11.7. The lowest BCUT2D eigenvalue weighted by Gasteiger charge is -2.18. The van der Waals surface area contributed by atoms with Gasteiger partial charge in [-0.15, -0.1) is 0 Å². The summed E-state index contributed by atoms with van der Waals surface area (Å²) in [5, 5.41) is 10.5. The van der Waals surface area contributed by atoms with E-state index >= 15 is 0 Å². The van der Waals surface area contributed by atoms with Crippen molar-refractivity contribution in [2.45, 2.75) is 18.7 Å². The summed E-state index contributed by atoms with van der Waals surface area (Å²) in [6.07, 6.45) is 0. The summed E-state index contributed by atoms with van der Waals surface area (Å²) in [6.45, 7) is 4.23. The van der Waals surface area contributed by atoms with Crippen LogP contribution < -0.4 is 0 Å². The Morgan fingerprint density at radius 2 is 1.65 bits per heavy atom. The molecule has 17 heavy (non-hydrogen) atoms. The van der Waals surface area contributed by atoms with Crippen LogP contribution >= 0.6 is 0 Å². The average Bonchev–Trinajstić information content (AvgIpc) is 2.30. The van der Waals surface area contributed by atoms with Gasteiger partial charge in [0.2, 0.25) is 10.0 Å². The molecule has 0 aliphatic rings. The van der Waals surface area contributed by atoms with E-state index in [0.717, 1.165) is 0 Å². The van der Waals surface area contributed by atoms with Crippen LogP contribution in [0.1, 0.15) is 13.8 Å². The maximum atomic E-state index is 12.0. The molecule has 0 spiro atoms. The van der Waals surface area contributed by atoms with Gasteiger partial charge in [-0.2, -0.15) is 4.31 Å². The Morgan fingerprint density at radius 1 is 1.18 bits per heavy atom. The quantitative estimate of drug-likeness (QED) is 0.593. The van der Waals surface area contributed by atoms with E-state index in [1.807, 2.05) is 0 Å². The van der Waals surface area contributed by atoms with E-state index in [-0.39, 0.29) is 10.6 Å². The second kappa shape index (κ2) is 5.24. The molecule has 7 heteroatoms. The van der Waals surface area contributed by atoms with Crippen LogP contribution in [0.5, 0.6) is 0 Å². The first-order valence-corrected chi connectivity index (χ1v) is 6.62. The van der Waals surface area contributed by atoms with E-state index in [1.165, 1.54) is 28.6 Å². The van der Waals surface area contributed by atoms with Crippen LogP contribution in [-0.2, 0) is 10.0 Å². The molecule has 0 fully saturated rings. The summed E-state index contributed by atoms with van der Waals surface area (Å²) in [6, 6.07) is 4.89. The Bertz CT molecular complexity index is 492. The largest absolute Gasteiger partial charge is 0.269 e. The average molecular weight is 258 g/mol. The Balaban J connectivity index is 3.12. The van der Waals surface area contributed by atoms with Crippen LogP contribution in [-0.4, -0.2) is 30.7 Å². The number of rotatable bonds is 5. The topological polar surface area (TPSA) is 80.5 Å². The van der Waals surface area contributed by atoms with Crippen molar-refractivity contribution >= 4 is 15.7 Å². The Labute approximate surface area is 100 Å². The number of nitro groups is 1. The van der Waals surface area contributed by atoms with Crippen LogP contribution in [0.25, 0.3) is 0 Å². The minimum absolute atomic E-state index is 0.0757. The standard InChI is InChI=1S/C10H14N2O4S/c1-3-11(4-2)17(15,16)10-7-5-9(6-8-10)12(13)14/h5-8H,3-4H2,1-2H3. The molecular weight excluding hydrogens is 244 g/mol.